The van der Waals surface area contributed by atoms with Gasteiger partial charge in [0.15, 0.2) is 0 Å². The molecule has 4 nitrogen and oxygen atoms in total. The lowest BCUT2D eigenvalue weighted by atomic mass is 10.1. The van der Waals surface area contributed by atoms with Crippen molar-refractivity contribution in [3.05, 3.63) is 72.7 Å². The molecule has 1 unspecified atom stereocenters. The molecular weight excluding hydrogens is 367 g/mol. The van der Waals surface area contributed by atoms with Crippen molar-refractivity contribution in [2.24, 2.45) is 0 Å². The van der Waals surface area contributed by atoms with Gasteiger partial charge >= 0.3 is 6.18 Å². The molecule has 7 heteroatoms. The van der Waals surface area contributed by atoms with Gasteiger partial charge < -0.3 is 9.30 Å². The van der Waals surface area contributed by atoms with Gasteiger partial charge in [0.25, 0.3) is 0 Å². The smallest absolute Gasteiger partial charge is 0.338 e. The molecule has 1 aliphatic heterocycles. The van der Waals surface area contributed by atoms with Crippen LogP contribution >= 0.6 is 0 Å². The van der Waals surface area contributed by atoms with Crippen LogP contribution < -0.4 is 0 Å². The van der Waals surface area contributed by atoms with Crippen LogP contribution in [0, 0.1) is 0 Å². The molecule has 4 rings (SSSR count). The maximum absolute atomic E-state index is 12.9. The monoisotopic (exact) mass is 385 g/mol. The summed E-state index contributed by atoms with van der Waals surface area (Å²) >= 11 is 0. The van der Waals surface area contributed by atoms with Crippen molar-refractivity contribution in [2.75, 3.05) is 13.1 Å². The van der Waals surface area contributed by atoms with E-state index in [9.17, 15) is 18.0 Å². The highest BCUT2D eigenvalue weighted by Gasteiger charge is 2.31. The van der Waals surface area contributed by atoms with E-state index in [1.165, 1.54) is 18.2 Å². The Morgan fingerprint density at radius 1 is 1.18 bits per heavy atom. The summed E-state index contributed by atoms with van der Waals surface area (Å²) in [6.07, 6.45) is -0.395. The van der Waals surface area contributed by atoms with Crippen LogP contribution in [-0.2, 0) is 11.0 Å². The molecule has 1 fully saturated rings. The number of halogens is 3. The van der Waals surface area contributed by atoms with Crippen LogP contribution in [0.15, 0.2) is 61.3 Å². The van der Waals surface area contributed by atoms with Crippen LogP contribution in [0.3, 0.4) is 0 Å². The second kappa shape index (κ2) is 6.82. The summed E-state index contributed by atoms with van der Waals surface area (Å²) in [6, 6.07) is 10.7. The highest BCUT2D eigenvalue weighted by molar-refractivity contribution is 5.87. The van der Waals surface area contributed by atoms with E-state index in [4.69, 9.17) is 4.98 Å². The van der Waals surface area contributed by atoms with Gasteiger partial charge in [-0.25, -0.2) is 4.98 Å². The molecule has 28 heavy (non-hydrogen) atoms. The molecule has 0 bridgehead atoms. The van der Waals surface area contributed by atoms with E-state index in [0.717, 1.165) is 29.9 Å². The number of nitrogens with zero attached hydrogens (tertiary/aromatic N) is 3. The van der Waals surface area contributed by atoms with Gasteiger partial charge in [-0.15, -0.1) is 0 Å². The minimum Gasteiger partial charge on any atom is -0.338 e. The number of likely N-dealkylation sites (tertiary alicyclic amines) is 1. The van der Waals surface area contributed by atoms with Gasteiger partial charge in [-0.3, -0.25) is 4.79 Å². The fourth-order valence-corrected chi connectivity index (χ4v) is 3.68. The minimum atomic E-state index is -4.37. The first-order valence-corrected chi connectivity index (χ1v) is 8.94. The van der Waals surface area contributed by atoms with Gasteiger partial charge in [-0.1, -0.05) is 24.8 Å². The van der Waals surface area contributed by atoms with E-state index >= 15 is 0 Å². The number of imidazole rings is 1. The lowest BCUT2D eigenvalue weighted by molar-refractivity contribution is -0.137. The number of aromatic nitrogens is 2. The van der Waals surface area contributed by atoms with Crippen molar-refractivity contribution < 1.29 is 18.0 Å². The summed E-state index contributed by atoms with van der Waals surface area (Å²) in [7, 11) is 0. The maximum atomic E-state index is 12.9. The normalized spacial score (nSPS) is 17.2. The van der Waals surface area contributed by atoms with Crippen molar-refractivity contribution in [1.29, 1.82) is 0 Å². The van der Waals surface area contributed by atoms with E-state index in [1.807, 2.05) is 28.8 Å². The minimum absolute atomic E-state index is 0.0574. The van der Waals surface area contributed by atoms with Gasteiger partial charge in [-0.05, 0) is 36.8 Å². The average Bonchev–Trinajstić information content (AvgIpc) is 3.32. The summed E-state index contributed by atoms with van der Waals surface area (Å²) in [5.74, 6) is 0.762. The van der Waals surface area contributed by atoms with Crippen molar-refractivity contribution in [2.45, 2.75) is 18.5 Å². The van der Waals surface area contributed by atoms with Crippen LogP contribution in [0.25, 0.3) is 16.8 Å². The summed E-state index contributed by atoms with van der Waals surface area (Å²) in [6.45, 7) is 4.71. The number of rotatable bonds is 3. The number of pyridine rings is 1. The van der Waals surface area contributed by atoms with Crippen LogP contribution in [0.5, 0.6) is 0 Å². The Morgan fingerprint density at radius 2 is 1.93 bits per heavy atom. The van der Waals surface area contributed by atoms with E-state index in [1.54, 1.807) is 4.90 Å². The molecular formula is C21H18F3N3O. The largest absolute Gasteiger partial charge is 0.416 e. The molecule has 1 atom stereocenters. The second-order valence-corrected chi connectivity index (χ2v) is 6.82. The number of hydrogen-bond acceptors (Lipinski definition) is 2. The SMILES string of the molecule is C=CC(=O)N1CCC(c2nc(-c3ccc(C(F)(F)F)cc3)c3ccccn23)C1. The Labute approximate surface area is 159 Å². The average molecular weight is 385 g/mol. The first kappa shape index (κ1) is 18.3. The van der Waals surface area contributed by atoms with Gasteiger partial charge in [0.1, 0.15) is 5.82 Å². The van der Waals surface area contributed by atoms with Crippen molar-refractivity contribution in [3.8, 4) is 11.3 Å². The number of fused-ring (bicyclic) bond motifs is 1. The number of carbonyl (C=O) groups excluding carboxylic acids is 1. The molecule has 1 aromatic carbocycles. The molecule has 144 valence electrons. The molecule has 3 aromatic rings. The van der Waals surface area contributed by atoms with E-state index in [-0.39, 0.29) is 11.8 Å². The Hall–Kier alpha value is -3.09. The summed E-state index contributed by atoms with van der Waals surface area (Å²) in [5, 5.41) is 0. The van der Waals surface area contributed by atoms with Crippen molar-refractivity contribution in [1.82, 2.24) is 14.3 Å². The third kappa shape index (κ3) is 3.17. The molecule has 1 saturated heterocycles. The number of carbonyl (C=O) groups is 1. The fraction of sp³-hybridized carbons (Fsp3) is 0.238. The second-order valence-electron chi connectivity index (χ2n) is 6.82. The van der Waals surface area contributed by atoms with Crippen LogP contribution in [0.2, 0.25) is 0 Å². The first-order chi connectivity index (χ1) is 13.4. The van der Waals surface area contributed by atoms with E-state index in [2.05, 4.69) is 6.58 Å². The predicted molar refractivity (Wildman–Crippen MR) is 99.8 cm³/mol. The Kier molecular flexibility index (Phi) is 4.45. The first-order valence-electron chi connectivity index (χ1n) is 8.94. The lowest BCUT2D eigenvalue weighted by Gasteiger charge is -2.13. The number of alkyl halides is 3. The highest BCUT2D eigenvalue weighted by atomic mass is 19.4. The quantitative estimate of drug-likeness (QED) is 0.622. The molecule has 0 radical (unpaired) electrons. The zero-order valence-corrected chi connectivity index (χ0v) is 15.0. The van der Waals surface area contributed by atoms with E-state index in [0.29, 0.717) is 24.3 Å². The molecule has 1 aliphatic rings. The third-order valence-corrected chi connectivity index (χ3v) is 5.10. The lowest BCUT2D eigenvalue weighted by Crippen LogP contribution is -2.26. The highest BCUT2D eigenvalue weighted by Crippen LogP contribution is 2.34. The fourth-order valence-electron chi connectivity index (χ4n) is 3.68. The summed E-state index contributed by atoms with van der Waals surface area (Å²) in [5.41, 5.74) is 1.40. The van der Waals surface area contributed by atoms with Gasteiger partial charge in [0, 0.05) is 30.8 Å². The van der Waals surface area contributed by atoms with Crippen LogP contribution in [0.4, 0.5) is 13.2 Å². The number of amides is 1. The van der Waals surface area contributed by atoms with Gasteiger partial charge in [0.05, 0.1) is 16.8 Å². The number of benzene rings is 1. The summed E-state index contributed by atoms with van der Waals surface area (Å²) in [4.78, 5) is 18.4. The van der Waals surface area contributed by atoms with Gasteiger partial charge in [-0.2, -0.15) is 13.2 Å². The zero-order valence-electron chi connectivity index (χ0n) is 15.0. The number of hydrogen-bond donors (Lipinski definition) is 0. The summed E-state index contributed by atoms with van der Waals surface area (Å²) < 4.78 is 40.5. The van der Waals surface area contributed by atoms with Crippen LogP contribution in [0.1, 0.15) is 23.7 Å². The van der Waals surface area contributed by atoms with E-state index < -0.39 is 11.7 Å². The standard InChI is InChI=1S/C21H18F3N3O/c1-2-18(28)26-12-10-15(13-26)20-25-19(17-5-3-4-11-27(17)20)14-6-8-16(9-7-14)21(22,23)24/h2-9,11,15H,1,10,12-13H2. The zero-order chi connectivity index (χ0) is 19.9. The molecule has 0 aliphatic carbocycles. The van der Waals surface area contributed by atoms with Crippen molar-refractivity contribution in [3.63, 3.8) is 0 Å². The molecule has 0 saturated carbocycles. The Morgan fingerprint density at radius 3 is 2.61 bits per heavy atom. The molecule has 2 aromatic heterocycles. The van der Waals surface area contributed by atoms with Gasteiger partial charge in [0.2, 0.25) is 5.91 Å². The molecule has 1 amide bonds. The molecule has 3 heterocycles. The third-order valence-electron chi connectivity index (χ3n) is 5.10. The molecule has 0 N–H and O–H groups in total. The topological polar surface area (TPSA) is 37.6 Å². The maximum Gasteiger partial charge on any atom is 0.416 e. The van der Waals surface area contributed by atoms with Crippen molar-refractivity contribution >= 4 is 11.4 Å². The Bertz CT molecular complexity index is 1040. The molecule has 0 spiro atoms. The predicted octanol–water partition coefficient (Wildman–Crippen LogP) is 4.52. The van der Waals surface area contributed by atoms with Crippen LogP contribution in [-0.4, -0.2) is 33.3 Å². The Balaban J connectivity index is 1.73.